The Labute approximate surface area is 123 Å². The Kier molecular flexibility index (Phi) is 3.58. The van der Waals surface area contributed by atoms with Crippen LogP contribution in [0.5, 0.6) is 0 Å². The van der Waals surface area contributed by atoms with Gasteiger partial charge in [-0.3, -0.25) is 0 Å². The van der Waals surface area contributed by atoms with Gasteiger partial charge in [0, 0.05) is 6.61 Å². The molecule has 0 heterocycles. The SMILES string of the molecule is OC(COCC1CCCC1)C12CC3CC(CC(C3)C1)C2. The van der Waals surface area contributed by atoms with Gasteiger partial charge in [0.15, 0.2) is 0 Å². The number of aliphatic hydroxyl groups excluding tert-OH is 1. The molecular weight excluding hydrogens is 248 g/mol. The molecule has 114 valence electrons. The van der Waals surface area contributed by atoms with Crippen LogP contribution in [0.15, 0.2) is 0 Å². The zero-order chi connectivity index (χ0) is 13.6. The van der Waals surface area contributed by atoms with Crippen LogP contribution < -0.4 is 0 Å². The van der Waals surface area contributed by atoms with E-state index in [4.69, 9.17) is 4.74 Å². The second-order valence-corrected chi connectivity index (χ2v) is 8.48. The van der Waals surface area contributed by atoms with Gasteiger partial charge in [0.25, 0.3) is 0 Å². The summed E-state index contributed by atoms with van der Waals surface area (Å²) >= 11 is 0. The van der Waals surface area contributed by atoms with Crippen LogP contribution in [0, 0.1) is 29.1 Å². The van der Waals surface area contributed by atoms with E-state index in [0.717, 1.165) is 30.3 Å². The third kappa shape index (κ3) is 2.43. The topological polar surface area (TPSA) is 29.5 Å². The Bertz CT molecular complexity index is 310. The average Bonchev–Trinajstić information content (AvgIpc) is 2.90. The number of aliphatic hydroxyl groups is 1. The molecule has 5 rings (SSSR count). The third-order valence-electron chi connectivity index (χ3n) is 6.90. The van der Waals surface area contributed by atoms with E-state index >= 15 is 0 Å². The Balaban J connectivity index is 1.32. The molecule has 1 N–H and O–H groups in total. The van der Waals surface area contributed by atoms with Gasteiger partial charge in [-0.05, 0) is 80.5 Å². The molecule has 0 aromatic rings. The van der Waals surface area contributed by atoms with E-state index in [2.05, 4.69) is 0 Å². The van der Waals surface area contributed by atoms with Crippen LogP contribution in [0.1, 0.15) is 64.2 Å². The number of rotatable bonds is 5. The second kappa shape index (κ2) is 5.28. The van der Waals surface area contributed by atoms with Crippen molar-refractivity contribution in [2.24, 2.45) is 29.1 Å². The summed E-state index contributed by atoms with van der Waals surface area (Å²) in [6.07, 6.45) is 13.5. The van der Waals surface area contributed by atoms with E-state index in [1.165, 1.54) is 64.2 Å². The lowest BCUT2D eigenvalue weighted by atomic mass is 9.48. The molecule has 1 unspecified atom stereocenters. The van der Waals surface area contributed by atoms with Crippen molar-refractivity contribution in [1.82, 2.24) is 0 Å². The molecule has 5 aliphatic carbocycles. The molecule has 0 amide bonds. The predicted molar refractivity (Wildman–Crippen MR) is 79.4 cm³/mol. The highest BCUT2D eigenvalue weighted by molar-refractivity contribution is 5.04. The van der Waals surface area contributed by atoms with Crippen LogP contribution in [-0.4, -0.2) is 24.4 Å². The summed E-state index contributed by atoms with van der Waals surface area (Å²) in [4.78, 5) is 0. The largest absolute Gasteiger partial charge is 0.390 e. The normalized spacial score (nSPS) is 45.1. The van der Waals surface area contributed by atoms with Crippen LogP contribution >= 0.6 is 0 Å². The summed E-state index contributed by atoms with van der Waals surface area (Å²) in [6, 6.07) is 0. The number of hydrogen-bond donors (Lipinski definition) is 1. The predicted octanol–water partition coefficient (Wildman–Crippen LogP) is 3.77. The van der Waals surface area contributed by atoms with Crippen LogP contribution in [0.2, 0.25) is 0 Å². The van der Waals surface area contributed by atoms with Crippen molar-refractivity contribution in [3.05, 3.63) is 0 Å². The van der Waals surface area contributed by atoms with E-state index in [-0.39, 0.29) is 11.5 Å². The van der Waals surface area contributed by atoms with E-state index in [1.54, 1.807) is 0 Å². The van der Waals surface area contributed by atoms with Gasteiger partial charge in [-0.15, -0.1) is 0 Å². The highest BCUT2D eigenvalue weighted by Gasteiger charge is 2.53. The maximum atomic E-state index is 10.8. The van der Waals surface area contributed by atoms with Crippen molar-refractivity contribution < 1.29 is 9.84 Å². The Morgan fingerprint density at radius 1 is 0.950 bits per heavy atom. The van der Waals surface area contributed by atoms with E-state index in [0.29, 0.717) is 6.61 Å². The first-order valence-electron chi connectivity index (χ1n) is 8.99. The smallest absolute Gasteiger partial charge is 0.0829 e. The first-order chi connectivity index (χ1) is 9.73. The van der Waals surface area contributed by atoms with Gasteiger partial charge in [-0.25, -0.2) is 0 Å². The molecule has 2 nitrogen and oxygen atoms in total. The Morgan fingerprint density at radius 3 is 2.05 bits per heavy atom. The summed E-state index contributed by atoms with van der Waals surface area (Å²) in [5.74, 6) is 3.54. The monoisotopic (exact) mass is 278 g/mol. The minimum absolute atomic E-state index is 0.197. The summed E-state index contributed by atoms with van der Waals surface area (Å²) in [5, 5.41) is 10.8. The zero-order valence-electron chi connectivity index (χ0n) is 12.7. The van der Waals surface area contributed by atoms with Gasteiger partial charge < -0.3 is 9.84 Å². The molecule has 0 spiro atoms. The molecule has 0 aromatic carbocycles. The van der Waals surface area contributed by atoms with Gasteiger partial charge in [0.2, 0.25) is 0 Å². The minimum Gasteiger partial charge on any atom is -0.390 e. The highest BCUT2D eigenvalue weighted by Crippen LogP contribution is 2.61. The van der Waals surface area contributed by atoms with E-state index in [9.17, 15) is 5.11 Å². The fourth-order valence-corrected chi connectivity index (χ4v) is 6.29. The molecule has 1 atom stereocenters. The zero-order valence-corrected chi connectivity index (χ0v) is 12.7. The molecule has 20 heavy (non-hydrogen) atoms. The van der Waals surface area contributed by atoms with Gasteiger partial charge in [-0.2, -0.15) is 0 Å². The van der Waals surface area contributed by atoms with Gasteiger partial charge in [0.1, 0.15) is 0 Å². The summed E-state index contributed by atoms with van der Waals surface area (Å²) in [5.41, 5.74) is 0.241. The van der Waals surface area contributed by atoms with Crippen LogP contribution in [0.3, 0.4) is 0 Å². The van der Waals surface area contributed by atoms with Crippen molar-refractivity contribution in [2.75, 3.05) is 13.2 Å². The quantitative estimate of drug-likeness (QED) is 0.829. The summed E-state index contributed by atoms with van der Waals surface area (Å²) in [7, 11) is 0. The lowest BCUT2D eigenvalue weighted by Gasteiger charge is -2.58. The van der Waals surface area contributed by atoms with E-state index in [1.807, 2.05) is 0 Å². The van der Waals surface area contributed by atoms with Crippen molar-refractivity contribution >= 4 is 0 Å². The summed E-state index contributed by atoms with van der Waals surface area (Å²) < 4.78 is 5.92. The van der Waals surface area contributed by atoms with Crippen LogP contribution in [0.25, 0.3) is 0 Å². The molecule has 5 saturated carbocycles. The lowest BCUT2D eigenvalue weighted by molar-refractivity contribution is -0.141. The molecule has 5 fully saturated rings. The minimum atomic E-state index is -0.197. The Hall–Kier alpha value is -0.0800. The fourth-order valence-electron chi connectivity index (χ4n) is 6.29. The maximum absolute atomic E-state index is 10.8. The lowest BCUT2D eigenvalue weighted by Crippen LogP contribution is -2.52. The molecule has 2 heteroatoms. The first kappa shape index (κ1) is 13.6. The van der Waals surface area contributed by atoms with Crippen molar-refractivity contribution in [2.45, 2.75) is 70.3 Å². The molecule has 0 aliphatic heterocycles. The second-order valence-electron chi connectivity index (χ2n) is 8.48. The summed E-state index contributed by atoms with van der Waals surface area (Å²) in [6.45, 7) is 1.49. The van der Waals surface area contributed by atoms with Crippen LogP contribution in [0.4, 0.5) is 0 Å². The first-order valence-corrected chi connectivity index (χ1v) is 8.99. The fraction of sp³-hybridized carbons (Fsp3) is 1.00. The number of ether oxygens (including phenoxy) is 1. The van der Waals surface area contributed by atoms with Gasteiger partial charge >= 0.3 is 0 Å². The molecule has 0 saturated heterocycles. The molecular formula is C18H30O2. The van der Waals surface area contributed by atoms with Crippen LogP contribution in [-0.2, 0) is 4.74 Å². The average molecular weight is 278 g/mol. The standard InChI is InChI=1S/C18H30O2/c19-17(12-20-11-13-3-1-2-4-13)18-8-14-5-15(9-18)7-16(6-14)10-18/h13-17,19H,1-12H2. The van der Waals surface area contributed by atoms with Gasteiger partial charge in [0.05, 0.1) is 12.7 Å². The van der Waals surface area contributed by atoms with Crippen molar-refractivity contribution in [3.8, 4) is 0 Å². The molecule has 0 aromatic heterocycles. The molecule has 4 bridgehead atoms. The Morgan fingerprint density at radius 2 is 1.50 bits per heavy atom. The van der Waals surface area contributed by atoms with Gasteiger partial charge in [-0.1, -0.05) is 12.8 Å². The maximum Gasteiger partial charge on any atom is 0.0829 e. The van der Waals surface area contributed by atoms with Crippen molar-refractivity contribution in [3.63, 3.8) is 0 Å². The molecule has 5 aliphatic rings. The number of hydrogen-bond acceptors (Lipinski definition) is 2. The highest BCUT2D eigenvalue weighted by atomic mass is 16.5. The van der Waals surface area contributed by atoms with E-state index < -0.39 is 0 Å². The molecule has 0 radical (unpaired) electrons. The third-order valence-corrected chi connectivity index (χ3v) is 6.90. The van der Waals surface area contributed by atoms with Crippen molar-refractivity contribution in [1.29, 1.82) is 0 Å².